The fourth-order valence-corrected chi connectivity index (χ4v) is 3.06. The highest BCUT2D eigenvalue weighted by molar-refractivity contribution is 5.80. The molecule has 4 rings (SSSR count). The van der Waals surface area contributed by atoms with E-state index in [-0.39, 0.29) is 0 Å². The van der Waals surface area contributed by atoms with Gasteiger partial charge in [-0.25, -0.2) is 0 Å². The number of hydrogen-bond donors (Lipinski definition) is 0. The van der Waals surface area contributed by atoms with Gasteiger partial charge in [-0.05, 0) is 32.2 Å². The van der Waals surface area contributed by atoms with Crippen LogP contribution < -0.4 is 0 Å². The van der Waals surface area contributed by atoms with Crippen LogP contribution in [0.15, 0.2) is 0 Å². The molecule has 1 amide bonds. The molecule has 4 aliphatic rings. The van der Waals surface area contributed by atoms with E-state index in [1.807, 2.05) is 7.05 Å². The van der Waals surface area contributed by atoms with Crippen LogP contribution in [0.25, 0.3) is 0 Å². The van der Waals surface area contributed by atoms with E-state index in [0.29, 0.717) is 18.0 Å². The van der Waals surface area contributed by atoms with Crippen molar-refractivity contribution in [3.63, 3.8) is 0 Å². The Balaban J connectivity index is 1.73. The number of piperazine rings is 1. The third-order valence-electron chi connectivity index (χ3n) is 3.99. The monoisotopic (exact) mass is 180 g/mol. The van der Waals surface area contributed by atoms with E-state index in [2.05, 4.69) is 9.80 Å². The van der Waals surface area contributed by atoms with Gasteiger partial charge in [-0.3, -0.25) is 9.69 Å². The molecule has 0 radical (unpaired) electrons. The molecule has 3 saturated carbocycles. The van der Waals surface area contributed by atoms with Gasteiger partial charge in [-0.15, -0.1) is 0 Å². The van der Waals surface area contributed by atoms with Gasteiger partial charge < -0.3 is 4.90 Å². The zero-order valence-corrected chi connectivity index (χ0v) is 8.12. The lowest BCUT2D eigenvalue weighted by Gasteiger charge is -2.67. The topological polar surface area (TPSA) is 23.6 Å². The van der Waals surface area contributed by atoms with Crippen LogP contribution in [0.5, 0.6) is 0 Å². The summed E-state index contributed by atoms with van der Waals surface area (Å²) in [4.78, 5) is 16.0. The van der Waals surface area contributed by atoms with Crippen LogP contribution in [0.1, 0.15) is 19.3 Å². The summed E-state index contributed by atoms with van der Waals surface area (Å²) in [6.07, 6.45) is 3.88. The van der Waals surface area contributed by atoms with Gasteiger partial charge in [0, 0.05) is 18.6 Å². The zero-order valence-electron chi connectivity index (χ0n) is 8.12. The maximum absolute atomic E-state index is 11.8. The smallest absolute Gasteiger partial charge is 0.237 e. The summed E-state index contributed by atoms with van der Waals surface area (Å²) in [6.45, 7) is 2.65. The summed E-state index contributed by atoms with van der Waals surface area (Å²) in [5, 5.41) is 0. The molecular weight excluding hydrogens is 164 g/mol. The lowest BCUT2D eigenvalue weighted by Crippen LogP contribution is -2.72. The first-order chi connectivity index (χ1) is 6.20. The third-order valence-corrected chi connectivity index (χ3v) is 3.99. The molecule has 0 N–H and O–H groups in total. The third kappa shape index (κ3) is 0.909. The van der Waals surface area contributed by atoms with Crippen molar-refractivity contribution in [2.75, 3.05) is 26.7 Å². The Labute approximate surface area is 78.7 Å². The zero-order chi connectivity index (χ0) is 9.05. The van der Waals surface area contributed by atoms with Gasteiger partial charge in [0.25, 0.3) is 0 Å². The van der Waals surface area contributed by atoms with Crippen LogP contribution >= 0.6 is 0 Å². The largest absolute Gasteiger partial charge is 0.335 e. The van der Waals surface area contributed by atoms with Crippen LogP contribution in [-0.4, -0.2) is 47.9 Å². The van der Waals surface area contributed by atoms with Crippen LogP contribution in [0.3, 0.4) is 0 Å². The summed E-state index contributed by atoms with van der Waals surface area (Å²) in [7, 11) is 2.03. The average molecular weight is 180 g/mol. The molecule has 2 bridgehead atoms. The molecule has 72 valence electrons. The Morgan fingerprint density at radius 1 is 1.31 bits per heavy atom. The predicted octanol–water partition coefficient (Wildman–Crippen LogP) is 0.313. The molecule has 1 saturated heterocycles. The SMILES string of the molecule is CN1CCN(C23CC(C2)C3)C(=O)C1. The molecule has 4 fully saturated rings. The van der Waals surface area contributed by atoms with E-state index in [4.69, 9.17) is 0 Å². The molecule has 3 aliphatic carbocycles. The highest BCUT2D eigenvalue weighted by atomic mass is 16.2. The van der Waals surface area contributed by atoms with Gasteiger partial charge in [-0.1, -0.05) is 0 Å². The normalized spacial score (nSPS) is 44.2. The quantitative estimate of drug-likeness (QED) is 0.580. The van der Waals surface area contributed by atoms with E-state index in [1.54, 1.807) is 0 Å². The molecule has 0 spiro atoms. The second-order valence-corrected chi connectivity index (χ2v) is 4.99. The molecule has 3 nitrogen and oxygen atoms in total. The molecule has 1 heterocycles. The van der Waals surface area contributed by atoms with E-state index in [9.17, 15) is 4.79 Å². The van der Waals surface area contributed by atoms with Crippen LogP contribution in [0, 0.1) is 5.92 Å². The lowest BCUT2D eigenvalue weighted by atomic mass is 9.49. The molecule has 1 aliphatic heterocycles. The number of amides is 1. The summed E-state index contributed by atoms with van der Waals surface area (Å²) in [5.41, 5.74) is 0.350. The Kier molecular flexibility index (Phi) is 1.36. The molecule has 13 heavy (non-hydrogen) atoms. The van der Waals surface area contributed by atoms with Gasteiger partial charge in [0.2, 0.25) is 5.91 Å². The number of hydrogen-bond acceptors (Lipinski definition) is 2. The Morgan fingerprint density at radius 2 is 2.00 bits per heavy atom. The second-order valence-electron chi connectivity index (χ2n) is 4.99. The van der Waals surface area contributed by atoms with Crippen molar-refractivity contribution in [2.45, 2.75) is 24.8 Å². The highest BCUT2D eigenvalue weighted by Crippen LogP contribution is 2.60. The first kappa shape index (κ1) is 7.80. The molecule has 0 unspecified atom stereocenters. The van der Waals surface area contributed by atoms with Gasteiger partial charge >= 0.3 is 0 Å². The van der Waals surface area contributed by atoms with Crippen molar-refractivity contribution in [3.8, 4) is 0 Å². The van der Waals surface area contributed by atoms with E-state index in [0.717, 1.165) is 19.0 Å². The lowest BCUT2D eigenvalue weighted by molar-refractivity contribution is -0.178. The minimum atomic E-state index is 0.350. The van der Waals surface area contributed by atoms with Crippen LogP contribution in [-0.2, 0) is 4.79 Å². The minimum Gasteiger partial charge on any atom is -0.335 e. The maximum Gasteiger partial charge on any atom is 0.237 e. The molecule has 3 heteroatoms. The summed E-state index contributed by atoms with van der Waals surface area (Å²) >= 11 is 0. The maximum atomic E-state index is 11.8. The molecule has 0 aromatic rings. The van der Waals surface area contributed by atoms with Crippen molar-refractivity contribution in [1.29, 1.82) is 0 Å². The van der Waals surface area contributed by atoms with E-state index in [1.165, 1.54) is 19.3 Å². The second kappa shape index (κ2) is 2.27. The molecule has 0 aromatic heterocycles. The number of carbonyl (C=O) groups is 1. The standard InChI is InChI=1S/C10H16N2O/c1-11-2-3-12(9(13)7-11)10-4-8(5-10)6-10/h8H,2-7H2,1H3. The minimum absolute atomic E-state index is 0.350. The van der Waals surface area contributed by atoms with Gasteiger partial charge in [-0.2, -0.15) is 0 Å². The van der Waals surface area contributed by atoms with Gasteiger partial charge in [0.15, 0.2) is 0 Å². The molecule has 0 atom stereocenters. The van der Waals surface area contributed by atoms with Crippen molar-refractivity contribution < 1.29 is 4.79 Å². The first-order valence-corrected chi connectivity index (χ1v) is 5.19. The Bertz CT molecular complexity index is 247. The number of likely N-dealkylation sites (N-methyl/N-ethyl adjacent to an activating group) is 1. The van der Waals surface area contributed by atoms with E-state index < -0.39 is 0 Å². The molecular formula is C10H16N2O. The van der Waals surface area contributed by atoms with E-state index >= 15 is 0 Å². The fraction of sp³-hybridized carbons (Fsp3) is 0.900. The first-order valence-electron chi connectivity index (χ1n) is 5.19. The molecule has 0 aromatic carbocycles. The van der Waals surface area contributed by atoms with Crippen molar-refractivity contribution in [1.82, 2.24) is 9.80 Å². The highest BCUT2D eigenvalue weighted by Gasteiger charge is 2.61. The summed E-state index contributed by atoms with van der Waals surface area (Å²) in [5.74, 6) is 1.32. The summed E-state index contributed by atoms with van der Waals surface area (Å²) < 4.78 is 0. The number of rotatable bonds is 1. The fourth-order valence-electron chi connectivity index (χ4n) is 3.06. The summed E-state index contributed by atoms with van der Waals surface area (Å²) in [6, 6.07) is 0. The van der Waals surface area contributed by atoms with Crippen molar-refractivity contribution in [3.05, 3.63) is 0 Å². The van der Waals surface area contributed by atoms with Gasteiger partial charge in [0.05, 0.1) is 6.54 Å². The van der Waals surface area contributed by atoms with Crippen molar-refractivity contribution in [2.24, 2.45) is 5.92 Å². The number of carbonyl (C=O) groups excluding carboxylic acids is 1. The Hall–Kier alpha value is -0.570. The Morgan fingerprint density at radius 3 is 2.46 bits per heavy atom. The van der Waals surface area contributed by atoms with Crippen molar-refractivity contribution >= 4 is 5.91 Å². The average Bonchev–Trinajstić information content (AvgIpc) is 1.88. The van der Waals surface area contributed by atoms with Gasteiger partial charge in [0.1, 0.15) is 0 Å². The van der Waals surface area contributed by atoms with Crippen LogP contribution in [0.4, 0.5) is 0 Å². The number of nitrogens with zero attached hydrogens (tertiary/aromatic N) is 2. The predicted molar refractivity (Wildman–Crippen MR) is 49.3 cm³/mol. The van der Waals surface area contributed by atoms with Crippen LogP contribution in [0.2, 0.25) is 0 Å².